The van der Waals surface area contributed by atoms with E-state index in [-0.39, 0.29) is 5.75 Å². The van der Waals surface area contributed by atoms with Gasteiger partial charge < -0.3 is 5.73 Å². The molecule has 3 aromatic rings. The van der Waals surface area contributed by atoms with Crippen LogP contribution in [-0.4, -0.2) is 29.9 Å². The predicted octanol–water partition coefficient (Wildman–Crippen LogP) is 3.60. The van der Waals surface area contributed by atoms with Crippen LogP contribution in [0, 0.1) is 0 Å². The molecule has 0 aliphatic heterocycles. The smallest absolute Gasteiger partial charge is 0.190 e. The average molecular weight is 430 g/mol. The molecule has 0 atom stereocenters. The van der Waals surface area contributed by atoms with Crippen LogP contribution in [0.1, 0.15) is 0 Å². The lowest BCUT2D eigenvalue weighted by molar-refractivity contribution is 0.597. The lowest BCUT2D eigenvalue weighted by Gasteiger charge is -2.05. The number of fused-ring (bicyclic) bond motifs is 1. The van der Waals surface area contributed by atoms with Crippen molar-refractivity contribution in [1.82, 2.24) is 9.97 Å². The van der Waals surface area contributed by atoms with Crippen molar-refractivity contribution in [3.05, 3.63) is 40.2 Å². The zero-order valence-electron chi connectivity index (χ0n) is 11.8. The third kappa shape index (κ3) is 3.85. The number of halogens is 1. The van der Waals surface area contributed by atoms with Crippen LogP contribution in [0.15, 0.2) is 50.2 Å². The first-order chi connectivity index (χ1) is 11.0. The first-order valence-corrected chi connectivity index (χ1v) is 10.9. The minimum atomic E-state index is -3.31. The van der Waals surface area contributed by atoms with Gasteiger partial charge in [0.2, 0.25) is 0 Å². The fourth-order valence-corrected chi connectivity index (χ4v) is 5.52. The van der Waals surface area contributed by atoms with Crippen molar-refractivity contribution in [2.75, 3.05) is 17.2 Å². The molecule has 0 saturated heterocycles. The topological polar surface area (TPSA) is 85.9 Å². The largest absolute Gasteiger partial charge is 0.383 e. The Balaban J connectivity index is 1.69. The van der Waals surface area contributed by atoms with Gasteiger partial charge in [-0.15, -0.1) is 11.3 Å². The van der Waals surface area contributed by atoms with E-state index in [1.54, 1.807) is 24.3 Å². The van der Waals surface area contributed by atoms with Gasteiger partial charge in [-0.25, -0.2) is 18.4 Å². The number of sulfone groups is 1. The molecular formula is C14H12BrN3O2S3. The summed E-state index contributed by atoms with van der Waals surface area (Å²) >= 11 is 6.07. The van der Waals surface area contributed by atoms with Gasteiger partial charge in [-0.05, 0) is 35.7 Å². The molecule has 0 unspecified atom stereocenters. The second-order valence-electron chi connectivity index (χ2n) is 4.65. The maximum atomic E-state index is 12.3. The van der Waals surface area contributed by atoms with E-state index in [4.69, 9.17) is 5.73 Å². The number of aromatic nitrogens is 2. The van der Waals surface area contributed by atoms with E-state index >= 15 is 0 Å². The number of thioether (sulfide) groups is 1. The Morgan fingerprint density at radius 2 is 1.91 bits per heavy atom. The van der Waals surface area contributed by atoms with Crippen LogP contribution in [-0.2, 0) is 9.84 Å². The van der Waals surface area contributed by atoms with Crippen molar-refractivity contribution in [3.8, 4) is 0 Å². The molecule has 0 radical (unpaired) electrons. The number of benzene rings is 1. The van der Waals surface area contributed by atoms with Crippen molar-refractivity contribution in [3.63, 3.8) is 0 Å². The molecule has 0 fully saturated rings. The number of nitrogens with zero attached hydrogens (tertiary/aromatic N) is 2. The van der Waals surface area contributed by atoms with Gasteiger partial charge in [0.05, 0.1) is 16.0 Å². The number of anilines is 1. The normalized spacial score (nSPS) is 11.9. The highest BCUT2D eigenvalue weighted by molar-refractivity contribution is 9.10. The van der Waals surface area contributed by atoms with Gasteiger partial charge in [0.1, 0.15) is 10.6 Å². The summed E-state index contributed by atoms with van der Waals surface area (Å²) in [6, 6.07) is 8.50. The summed E-state index contributed by atoms with van der Waals surface area (Å²) in [5.41, 5.74) is 5.88. The van der Waals surface area contributed by atoms with E-state index in [0.29, 0.717) is 21.6 Å². The molecule has 0 aliphatic carbocycles. The third-order valence-corrected chi connectivity index (χ3v) is 7.26. The van der Waals surface area contributed by atoms with Crippen LogP contribution in [0.4, 0.5) is 5.82 Å². The summed E-state index contributed by atoms with van der Waals surface area (Å²) in [6.45, 7) is 0. The standard InChI is InChI=1S/C14H12BrN3O2S3/c15-9-1-3-10(4-2-9)23(19,20)8-7-22-14-17-12(16)11-5-6-21-13(11)18-14/h1-6H,7-8H2,(H2,16,17,18). The Bertz CT molecular complexity index is 940. The quantitative estimate of drug-likeness (QED) is 0.492. The molecule has 2 aromatic heterocycles. The maximum Gasteiger partial charge on any atom is 0.190 e. The van der Waals surface area contributed by atoms with Gasteiger partial charge in [0.15, 0.2) is 15.0 Å². The van der Waals surface area contributed by atoms with Gasteiger partial charge in [0, 0.05) is 10.2 Å². The summed E-state index contributed by atoms with van der Waals surface area (Å²) < 4.78 is 25.4. The highest BCUT2D eigenvalue weighted by Crippen LogP contribution is 2.26. The van der Waals surface area contributed by atoms with Gasteiger partial charge >= 0.3 is 0 Å². The molecule has 5 nitrogen and oxygen atoms in total. The summed E-state index contributed by atoms with van der Waals surface area (Å²) in [5.74, 6) is 0.814. The molecule has 0 spiro atoms. The molecule has 2 heterocycles. The van der Waals surface area contributed by atoms with E-state index in [2.05, 4.69) is 25.9 Å². The second kappa shape index (κ2) is 6.76. The predicted molar refractivity (Wildman–Crippen MR) is 98.7 cm³/mol. The van der Waals surface area contributed by atoms with Crippen LogP contribution in [0.2, 0.25) is 0 Å². The monoisotopic (exact) mass is 429 g/mol. The number of hydrogen-bond donors (Lipinski definition) is 1. The summed E-state index contributed by atoms with van der Waals surface area (Å²) in [6.07, 6.45) is 0. The first-order valence-electron chi connectivity index (χ1n) is 6.57. The molecular weight excluding hydrogens is 418 g/mol. The molecule has 0 bridgehead atoms. The van der Waals surface area contributed by atoms with E-state index in [1.165, 1.54) is 23.1 Å². The van der Waals surface area contributed by atoms with Crippen LogP contribution in [0.25, 0.3) is 10.2 Å². The van der Waals surface area contributed by atoms with Crippen molar-refractivity contribution in [2.45, 2.75) is 10.1 Å². The Morgan fingerprint density at radius 3 is 2.65 bits per heavy atom. The lowest BCUT2D eigenvalue weighted by atomic mass is 10.4. The molecule has 3 rings (SSSR count). The zero-order chi connectivity index (χ0) is 16.4. The van der Waals surface area contributed by atoms with Crippen LogP contribution < -0.4 is 5.73 Å². The zero-order valence-corrected chi connectivity index (χ0v) is 15.8. The van der Waals surface area contributed by atoms with Gasteiger partial charge in [-0.2, -0.15) is 0 Å². The third-order valence-electron chi connectivity index (χ3n) is 3.09. The van der Waals surface area contributed by atoms with Gasteiger partial charge in [-0.3, -0.25) is 0 Å². The number of nitrogen functional groups attached to an aromatic ring is 1. The van der Waals surface area contributed by atoms with Crippen molar-refractivity contribution < 1.29 is 8.42 Å². The first kappa shape index (κ1) is 16.7. The van der Waals surface area contributed by atoms with Crippen molar-refractivity contribution >= 4 is 64.9 Å². The highest BCUT2D eigenvalue weighted by Gasteiger charge is 2.15. The van der Waals surface area contributed by atoms with Gasteiger partial charge in [-0.1, -0.05) is 27.7 Å². The number of nitrogens with two attached hydrogens (primary N) is 1. The van der Waals surface area contributed by atoms with Crippen molar-refractivity contribution in [1.29, 1.82) is 0 Å². The van der Waals surface area contributed by atoms with Gasteiger partial charge in [0.25, 0.3) is 0 Å². The Morgan fingerprint density at radius 1 is 1.17 bits per heavy atom. The van der Waals surface area contributed by atoms with E-state index < -0.39 is 9.84 Å². The van der Waals surface area contributed by atoms with E-state index in [9.17, 15) is 8.42 Å². The van der Waals surface area contributed by atoms with Crippen LogP contribution >= 0.6 is 39.0 Å². The number of thiophene rings is 1. The minimum Gasteiger partial charge on any atom is -0.383 e. The molecule has 120 valence electrons. The fourth-order valence-electron chi connectivity index (χ4n) is 1.92. The lowest BCUT2D eigenvalue weighted by Crippen LogP contribution is -2.09. The Hall–Kier alpha value is -1.16. The molecule has 0 amide bonds. The van der Waals surface area contributed by atoms with Crippen LogP contribution in [0.3, 0.4) is 0 Å². The molecule has 0 aliphatic rings. The summed E-state index contributed by atoms with van der Waals surface area (Å²) in [5, 5.41) is 3.24. The highest BCUT2D eigenvalue weighted by atomic mass is 79.9. The second-order valence-corrected chi connectivity index (χ2v) is 9.63. The number of hydrogen-bond acceptors (Lipinski definition) is 7. The SMILES string of the molecule is Nc1nc(SCCS(=O)(=O)c2ccc(Br)cc2)nc2sccc12. The molecule has 1 aromatic carbocycles. The maximum absolute atomic E-state index is 12.3. The minimum absolute atomic E-state index is 0.0189. The Labute approximate surface area is 150 Å². The summed E-state index contributed by atoms with van der Waals surface area (Å²) in [7, 11) is -3.31. The van der Waals surface area contributed by atoms with E-state index in [1.807, 2.05) is 11.4 Å². The average Bonchev–Trinajstić information content (AvgIpc) is 2.96. The van der Waals surface area contributed by atoms with E-state index in [0.717, 1.165) is 14.7 Å². The molecule has 0 saturated carbocycles. The van der Waals surface area contributed by atoms with Crippen molar-refractivity contribution in [2.24, 2.45) is 0 Å². The van der Waals surface area contributed by atoms with Crippen LogP contribution in [0.5, 0.6) is 0 Å². The Kier molecular flexibility index (Phi) is 4.90. The molecule has 2 N–H and O–H groups in total. The summed E-state index contributed by atoms with van der Waals surface area (Å²) in [4.78, 5) is 9.73. The molecule has 23 heavy (non-hydrogen) atoms. The number of rotatable bonds is 5. The fraction of sp³-hybridized carbons (Fsp3) is 0.143. The molecule has 9 heteroatoms.